The zero-order chi connectivity index (χ0) is 48.3. The largest absolute Gasteiger partial charge is 0.369 e. The van der Waals surface area contributed by atoms with Gasteiger partial charge in [-0.3, -0.25) is 43.3 Å². The predicted molar refractivity (Wildman–Crippen MR) is 245 cm³/mol. The van der Waals surface area contributed by atoms with E-state index < -0.39 is 78.0 Å². The van der Waals surface area contributed by atoms with Crippen molar-refractivity contribution in [2.75, 3.05) is 81.7 Å². The summed E-state index contributed by atoms with van der Waals surface area (Å²) in [5, 5.41) is 7.92. The van der Waals surface area contributed by atoms with E-state index in [0.717, 1.165) is 19.3 Å². The van der Waals surface area contributed by atoms with Gasteiger partial charge >= 0.3 is 0 Å². The third-order valence-corrected chi connectivity index (χ3v) is 11.9. The predicted octanol–water partition coefficient (Wildman–Crippen LogP) is 1.32. The van der Waals surface area contributed by atoms with Gasteiger partial charge in [0, 0.05) is 60.3 Å². The summed E-state index contributed by atoms with van der Waals surface area (Å²) in [6, 6.07) is -5.42. The van der Waals surface area contributed by atoms with Crippen LogP contribution in [0.15, 0.2) is 37.0 Å². The number of hydrogen-bond acceptors (Lipinski definition) is 10. The zero-order valence-corrected chi connectivity index (χ0v) is 40.2. The number of likely N-dealkylation sites (N-methyl/N-ethyl adjacent to an activating group) is 5. The van der Waals surface area contributed by atoms with Crippen molar-refractivity contribution in [3.05, 3.63) is 37.0 Å². The number of piperidine rings is 1. The van der Waals surface area contributed by atoms with E-state index in [1.54, 1.807) is 42.1 Å². The zero-order valence-electron chi connectivity index (χ0n) is 40.2. The van der Waals surface area contributed by atoms with Gasteiger partial charge in [-0.1, -0.05) is 64.2 Å². The second kappa shape index (κ2) is 27.3. The highest BCUT2D eigenvalue weighted by atomic mass is 16.5. The third-order valence-electron chi connectivity index (χ3n) is 11.9. The third kappa shape index (κ3) is 16.2. The minimum Gasteiger partial charge on any atom is -0.369 e. The van der Waals surface area contributed by atoms with E-state index in [9.17, 15) is 38.4 Å². The Morgan fingerprint density at radius 2 is 1.56 bits per heavy atom. The topological polar surface area (TPSA) is 201 Å². The maximum absolute atomic E-state index is 14.6. The first-order chi connectivity index (χ1) is 30.2. The van der Waals surface area contributed by atoms with Gasteiger partial charge in [-0.05, 0) is 65.5 Å². The summed E-state index contributed by atoms with van der Waals surface area (Å²) in [5.74, 6) is -3.97. The molecule has 360 valence electrons. The van der Waals surface area contributed by atoms with Crippen LogP contribution < -0.4 is 16.0 Å². The van der Waals surface area contributed by atoms with Gasteiger partial charge in [0.25, 0.3) is 0 Å². The SMILES string of the molecule is C=C/C=C\C(=C)C[C@@H](C(=O)NC)N(C)C(=O)CN(CCCC)C(=O)CC(NC(=O)[C@H](CC(C)C)N(C)C(=O)[C@H](COCC(=O)NC)N1C(=O)[C@@H](N(C)C)CC1C)C(=O)N1CCCCC1. The van der Waals surface area contributed by atoms with Gasteiger partial charge in [0.1, 0.15) is 30.8 Å². The first kappa shape index (κ1) is 55.0. The van der Waals surface area contributed by atoms with E-state index in [1.807, 2.05) is 27.7 Å². The summed E-state index contributed by atoms with van der Waals surface area (Å²) in [7, 11) is 9.45. The molecule has 0 aromatic rings. The number of ether oxygens (including phenoxy) is 1. The van der Waals surface area contributed by atoms with Crippen molar-refractivity contribution in [3.63, 3.8) is 0 Å². The Hall–Kier alpha value is -5.10. The standard InChI is InChI=1S/C46H77N9O9/c1-13-15-20-32(5)25-36(42(59)48-8)51(11)41(58)28-54(21-16-14-2)40(57)27-34(44(61)53-22-18-17-19-23-53)49-43(60)35(24-31(3)4)52(12)45(62)38(29-64-30-39(56)47-7)55-33(6)26-37(46(55)63)50(9)10/h13,15,20,31,33-38H,1,5,14,16-19,21-30H2,2-4,6-12H3,(H,47,56)(H,48,59)(H,49,60)/b20-15-/t33?,34?,35-,36-,37-,38-/m0/s1. The molecule has 2 fully saturated rings. The van der Waals surface area contributed by atoms with E-state index in [2.05, 4.69) is 29.1 Å². The molecule has 2 aliphatic rings. The smallest absolute Gasteiger partial charge is 0.248 e. The number of carbonyl (C=O) groups excluding carboxylic acids is 8. The van der Waals surface area contributed by atoms with Crippen molar-refractivity contribution in [1.82, 2.24) is 45.3 Å². The Balaban J connectivity index is 2.51. The minimum absolute atomic E-state index is 0.112. The van der Waals surface area contributed by atoms with Crippen LogP contribution in [0, 0.1) is 5.92 Å². The van der Waals surface area contributed by atoms with Crippen molar-refractivity contribution in [2.24, 2.45) is 5.92 Å². The molecule has 0 radical (unpaired) electrons. The van der Waals surface area contributed by atoms with Crippen LogP contribution in [0.4, 0.5) is 0 Å². The molecular weight excluding hydrogens is 823 g/mol. The lowest BCUT2D eigenvalue weighted by Gasteiger charge is -2.37. The van der Waals surface area contributed by atoms with Gasteiger partial charge in [0.05, 0.1) is 25.6 Å². The Morgan fingerprint density at radius 1 is 0.906 bits per heavy atom. The van der Waals surface area contributed by atoms with Crippen LogP contribution in [0.25, 0.3) is 0 Å². The highest BCUT2D eigenvalue weighted by Crippen LogP contribution is 2.27. The number of likely N-dealkylation sites (tertiary alicyclic amines) is 2. The molecule has 0 aromatic carbocycles. The number of rotatable bonds is 26. The molecule has 2 rings (SSSR count). The number of hydrogen-bond donors (Lipinski definition) is 3. The Kier molecular flexibility index (Phi) is 23.5. The monoisotopic (exact) mass is 900 g/mol. The quantitative estimate of drug-likeness (QED) is 0.106. The van der Waals surface area contributed by atoms with Crippen molar-refractivity contribution in [1.29, 1.82) is 0 Å². The number of unbranched alkanes of at least 4 members (excludes halogenated alkanes) is 1. The lowest BCUT2D eigenvalue weighted by Crippen LogP contribution is -2.60. The van der Waals surface area contributed by atoms with Crippen molar-refractivity contribution >= 4 is 47.3 Å². The number of nitrogens with one attached hydrogen (secondary N) is 3. The molecule has 0 bridgehead atoms. The normalized spacial score (nSPS) is 18.3. The molecule has 0 aliphatic carbocycles. The van der Waals surface area contributed by atoms with Crippen molar-refractivity contribution < 1.29 is 43.1 Å². The summed E-state index contributed by atoms with van der Waals surface area (Å²) in [4.78, 5) is 119. The molecule has 2 unspecified atom stereocenters. The van der Waals surface area contributed by atoms with E-state index in [4.69, 9.17) is 4.74 Å². The Bertz CT molecular complexity index is 1680. The van der Waals surface area contributed by atoms with Crippen LogP contribution in [-0.2, 0) is 43.1 Å². The molecule has 18 nitrogen and oxygen atoms in total. The fourth-order valence-electron chi connectivity index (χ4n) is 7.99. The second-order valence-corrected chi connectivity index (χ2v) is 17.5. The summed E-state index contributed by atoms with van der Waals surface area (Å²) >= 11 is 0. The summed E-state index contributed by atoms with van der Waals surface area (Å²) in [6.45, 7) is 15.2. The van der Waals surface area contributed by atoms with E-state index in [0.29, 0.717) is 37.9 Å². The first-order valence-corrected chi connectivity index (χ1v) is 22.6. The van der Waals surface area contributed by atoms with Crippen LogP contribution in [-0.4, -0.2) is 195 Å². The fraction of sp³-hybridized carbons (Fsp3) is 0.696. The highest BCUT2D eigenvalue weighted by molar-refractivity contribution is 5.97. The molecule has 2 saturated heterocycles. The summed E-state index contributed by atoms with van der Waals surface area (Å²) in [6.07, 6.45) is 8.94. The molecule has 6 atom stereocenters. The van der Waals surface area contributed by atoms with Gasteiger partial charge in [-0.2, -0.15) is 0 Å². The van der Waals surface area contributed by atoms with Crippen LogP contribution >= 0.6 is 0 Å². The van der Waals surface area contributed by atoms with E-state index in [-0.39, 0.29) is 57.0 Å². The molecule has 0 spiro atoms. The van der Waals surface area contributed by atoms with Gasteiger partial charge in [-0.15, -0.1) is 0 Å². The van der Waals surface area contributed by atoms with Crippen molar-refractivity contribution in [2.45, 2.75) is 122 Å². The second-order valence-electron chi connectivity index (χ2n) is 17.5. The van der Waals surface area contributed by atoms with Gasteiger partial charge in [0.2, 0.25) is 47.3 Å². The molecule has 8 amide bonds. The summed E-state index contributed by atoms with van der Waals surface area (Å²) in [5.41, 5.74) is 0.590. The Morgan fingerprint density at radius 3 is 2.11 bits per heavy atom. The van der Waals surface area contributed by atoms with Gasteiger partial charge in [-0.25, -0.2) is 0 Å². The minimum atomic E-state index is -1.33. The lowest BCUT2D eigenvalue weighted by atomic mass is 9.99. The van der Waals surface area contributed by atoms with Crippen molar-refractivity contribution in [3.8, 4) is 0 Å². The molecule has 18 heteroatoms. The van der Waals surface area contributed by atoms with Gasteiger partial charge < -0.3 is 45.2 Å². The van der Waals surface area contributed by atoms with Crippen LogP contribution in [0.1, 0.15) is 85.5 Å². The molecular formula is C46H77N9O9. The molecule has 0 aromatic heterocycles. The fourth-order valence-corrected chi connectivity index (χ4v) is 7.99. The van der Waals surface area contributed by atoms with E-state index >= 15 is 0 Å². The molecule has 3 N–H and O–H groups in total. The molecule has 2 aliphatic heterocycles. The molecule has 0 saturated carbocycles. The van der Waals surface area contributed by atoms with Crippen LogP contribution in [0.5, 0.6) is 0 Å². The number of carbonyl (C=O) groups is 8. The number of allylic oxidation sites excluding steroid dienone is 3. The summed E-state index contributed by atoms with van der Waals surface area (Å²) < 4.78 is 5.69. The average molecular weight is 900 g/mol. The van der Waals surface area contributed by atoms with Gasteiger partial charge in [0.15, 0.2) is 0 Å². The number of amides is 8. The maximum atomic E-state index is 14.6. The van der Waals surface area contributed by atoms with Crippen LogP contribution in [0.3, 0.4) is 0 Å². The first-order valence-electron chi connectivity index (χ1n) is 22.6. The molecule has 2 heterocycles. The molecule has 64 heavy (non-hydrogen) atoms. The number of nitrogens with zero attached hydrogens (tertiary/aromatic N) is 6. The van der Waals surface area contributed by atoms with E-state index in [1.165, 1.54) is 47.8 Å². The maximum Gasteiger partial charge on any atom is 0.248 e. The highest BCUT2D eigenvalue weighted by Gasteiger charge is 2.46. The Labute approximate surface area is 381 Å². The lowest BCUT2D eigenvalue weighted by molar-refractivity contribution is -0.152. The van der Waals surface area contributed by atoms with Crippen LogP contribution in [0.2, 0.25) is 0 Å². The average Bonchev–Trinajstić information content (AvgIpc) is 3.57.